The predicted molar refractivity (Wildman–Crippen MR) is 156 cm³/mol. The normalized spacial score (nSPS) is 12.2. The van der Waals surface area contributed by atoms with Crippen molar-refractivity contribution in [1.29, 1.82) is 0 Å². The Morgan fingerprint density at radius 1 is 0.950 bits per heavy atom. The van der Waals surface area contributed by atoms with Crippen LogP contribution in [0.2, 0.25) is 10.0 Å². The van der Waals surface area contributed by atoms with Crippen molar-refractivity contribution in [2.45, 2.75) is 45.2 Å². The fourth-order valence-corrected chi connectivity index (χ4v) is 5.71. The Balaban J connectivity index is 2.05. The molecule has 0 aliphatic rings. The maximum Gasteiger partial charge on any atom is 0.264 e. The monoisotopic (exact) mass is 607 g/mol. The highest BCUT2D eigenvalue weighted by atomic mass is 35.5. The van der Waals surface area contributed by atoms with Crippen LogP contribution in [-0.4, -0.2) is 44.3 Å². The zero-order chi connectivity index (χ0) is 29.6. The molecule has 0 aliphatic heterocycles. The number of rotatable bonds is 11. The Morgan fingerprint density at radius 2 is 1.57 bits per heavy atom. The molecule has 0 aromatic heterocycles. The highest BCUT2D eigenvalue weighted by molar-refractivity contribution is 7.92. The summed E-state index contributed by atoms with van der Waals surface area (Å²) in [5.41, 5.74) is 1.43. The van der Waals surface area contributed by atoms with Crippen molar-refractivity contribution < 1.29 is 22.4 Å². The molecular weight excluding hydrogens is 576 g/mol. The molecular formula is C29H32Cl2FN3O4S. The third kappa shape index (κ3) is 7.96. The van der Waals surface area contributed by atoms with Crippen LogP contribution in [0.15, 0.2) is 71.6 Å². The second kappa shape index (κ2) is 13.5. The maximum atomic E-state index is 13.9. The lowest BCUT2D eigenvalue weighted by atomic mass is 10.1. The summed E-state index contributed by atoms with van der Waals surface area (Å²) in [5, 5.41) is 3.10. The van der Waals surface area contributed by atoms with Gasteiger partial charge in [0, 0.05) is 18.1 Å². The summed E-state index contributed by atoms with van der Waals surface area (Å²) >= 11 is 12.6. The largest absolute Gasteiger partial charge is 0.354 e. The Labute approximate surface area is 244 Å². The van der Waals surface area contributed by atoms with Crippen LogP contribution in [-0.2, 0) is 26.2 Å². The van der Waals surface area contributed by atoms with Gasteiger partial charge in [-0.15, -0.1) is 0 Å². The molecule has 11 heteroatoms. The fraction of sp³-hybridized carbons (Fsp3) is 0.310. The van der Waals surface area contributed by atoms with Gasteiger partial charge in [0.05, 0.1) is 15.6 Å². The van der Waals surface area contributed by atoms with E-state index >= 15 is 0 Å². The van der Waals surface area contributed by atoms with Crippen LogP contribution < -0.4 is 9.62 Å². The molecule has 0 saturated heterocycles. The first kappa shape index (κ1) is 31.4. The lowest BCUT2D eigenvalue weighted by Crippen LogP contribution is -2.51. The average Bonchev–Trinajstić information content (AvgIpc) is 2.91. The van der Waals surface area contributed by atoms with E-state index in [2.05, 4.69) is 5.32 Å². The van der Waals surface area contributed by atoms with Gasteiger partial charge in [0.1, 0.15) is 18.4 Å². The molecule has 40 heavy (non-hydrogen) atoms. The highest BCUT2D eigenvalue weighted by Gasteiger charge is 2.33. The van der Waals surface area contributed by atoms with Gasteiger partial charge in [-0.2, -0.15) is 0 Å². The summed E-state index contributed by atoms with van der Waals surface area (Å²) in [4.78, 5) is 28.1. The molecule has 0 fully saturated rings. The van der Waals surface area contributed by atoms with Gasteiger partial charge < -0.3 is 10.2 Å². The number of hydrogen-bond donors (Lipinski definition) is 1. The summed E-state index contributed by atoms with van der Waals surface area (Å²) < 4.78 is 42.2. The van der Waals surface area contributed by atoms with Crippen LogP contribution >= 0.6 is 23.2 Å². The van der Waals surface area contributed by atoms with E-state index in [9.17, 15) is 22.4 Å². The third-order valence-corrected chi connectivity index (χ3v) is 8.51. The standard InChI is InChI=1S/C29H32Cl2FN3O4S/c1-19(2)16-33-29(37)21(4)34(17-22-7-10-24(32)11-8-22)28(36)18-35(27-15-23(30)9-14-26(27)31)40(38,39)25-12-5-20(3)6-13-25/h5-15,19,21H,16-18H2,1-4H3,(H,33,37). The first-order valence-electron chi connectivity index (χ1n) is 12.7. The van der Waals surface area contributed by atoms with Crippen molar-refractivity contribution in [2.24, 2.45) is 5.92 Å². The molecule has 0 saturated carbocycles. The average molecular weight is 609 g/mol. The molecule has 3 rings (SSSR count). The Kier molecular flexibility index (Phi) is 10.6. The van der Waals surface area contributed by atoms with Crippen molar-refractivity contribution in [2.75, 3.05) is 17.4 Å². The smallest absolute Gasteiger partial charge is 0.264 e. The number of benzene rings is 3. The molecule has 2 amide bonds. The van der Waals surface area contributed by atoms with Crippen LogP contribution in [0, 0.1) is 18.7 Å². The molecule has 1 unspecified atom stereocenters. The van der Waals surface area contributed by atoms with E-state index in [0.29, 0.717) is 12.1 Å². The number of nitrogens with one attached hydrogen (secondary N) is 1. The highest BCUT2D eigenvalue weighted by Crippen LogP contribution is 2.33. The quantitative estimate of drug-likeness (QED) is 0.297. The molecule has 7 nitrogen and oxygen atoms in total. The van der Waals surface area contributed by atoms with E-state index in [1.165, 1.54) is 59.5 Å². The van der Waals surface area contributed by atoms with Crippen molar-refractivity contribution >= 4 is 50.7 Å². The number of carbonyl (C=O) groups excluding carboxylic acids is 2. The lowest BCUT2D eigenvalue weighted by Gasteiger charge is -2.32. The van der Waals surface area contributed by atoms with E-state index < -0.39 is 40.2 Å². The molecule has 0 bridgehead atoms. The van der Waals surface area contributed by atoms with Crippen LogP contribution in [0.1, 0.15) is 31.9 Å². The number of anilines is 1. The number of hydrogen-bond acceptors (Lipinski definition) is 4. The molecule has 3 aromatic rings. The van der Waals surface area contributed by atoms with Crippen molar-refractivity contribution in [3.05, 3.63) is 93.7 Å². The minimum absolute atomic E-state index is 0.0155. The fourth-order valence-electron chi connectivity index (χ4n) is 3.85. The third-order valence-electron chi connectivity index (χ3n) is 6.18. The molecule has 214 valence electrons. The molecule has 1 atom stereocenters. The summed E-state index contributed by atoms with van der Waals surface area (Å²) in [7, 11) is -4.29. The zero-order valence-electron chi connectivity index (χ0n) is 22.7. The number of amides is 2. The number of nitrogens with zero attached hydrogens (tertiary/aromatic N) is 2. The van der Waals surface area contributed by atoms with Gasteiger partial charge >= 0.3 is 0 Å². The molecule has 0 spiro atoms. The van der Waals surface area contributed by atoms with Gasteiger partial charge in [0.25, 0.3) is 10.0 Å². The number of sulfonamides is 1. The van der Waals surface area contributed by atoms with Gasteiger partial charge in [-0.1, -0.05) is 66.9 Å². The molecule has 1 N–H and O–H groups in total. The summed E-state index contributed by atoms with van der Waals surface area (Å²) in [6.45, 7) is 6.93. The van der Waals surface area contributed by atoms with Gasteiger partial charge in [-0.3, -0.25) is 13.9 Å². The minimum Gasteiger partial charge on any atom is -0.354 e. The topological polar surface area (TPSA) is 86.8 Å². The molecule has 0 heterocycles. The van der Waals surface area contributed by atoms with Crippen LogP contribution in [0.5, 0.6) is 0 Å². The lowest BCUT2D eigenvalue weighted by molar-refractivity contribution is -0.139. The predicted octanol–water partition coefficient (Wildman–Crippen LogP) is 5.83. The zero-order valence-corrected chi connectivity index (χ0v) is 25.0. The molecule has 3 aromatic carbocycles. The van der Waals surface area contributed by atoms with Crippen LogP contribution in [0.3, 0.4) is 0 Å². The first-order chi connectivity index (χ1) is 18.8. The van der Waals surface area contributed by atoms with Crippen molar-refractivity contribution in [3.8, 4) is 0 Å². The Bertz CT molecular complexity index is 1450. The van der Waals surface area contributed by atoms with Crippen molar-refractivity contribution in [1.82, 2.24) is 10.2 Å². The maximum absolute atomic E-state index is 13.9. The number of halogens is 3. The van der Waals surface area contributed by atoms with E-state index in [1.807, 2.05) is 20.8 Å². The van der Waals surface area contributed by atoms with E-state index in [4.69, 9.17) is 23.2 Å². The Hall–Kier alpha value is -3.14. The van der Waals surface area contributed by atoms with Gasteiger partial charge in [-0.25, -0.2) is 12.8 Å². The van der Waals surface area contributed by atoms with Gasteiger partial charge in [0.15, 0.2) is 0 Å². The van der Waals surface area contributed by atoms with E-state index in [-0.39, 0.29) is 33.1 Å². The molecule has 0 radical (unpaired) electrons. The molecule has 0 aliphatic carbocycles. The van der Waals surface area contributed by atoms with E-state index in [0.717, 1.165) is 9.87 Å². The number of carbonyl (C=O) groups is 2. The van der Waals surface area contributed by atoms with Crippen LogP contribution in [0.25, 0.3) is 0 Å². The van der Waals surface area contributed by atoms with Crippen molar-refractivity contribution in [3.63, 3.8) is 0 Å². The second-order valence-corrected chi connectivity index (χ2v) is 12.6. The Morgan fingerprint density at radius 3 is 2.17 bits per heavy atom. The SMILES string of the molecule is Cc1ccc(S(=O)(=O)N(CC(=O)N(Cc2ccc(F)cc2)C(C)C(=O)NCC(C)C)c2cc(Cl)ccc2Cl)cc1. The number of aryl methyl sites for hydroxylation is 1. The summed E-state index contributed by atoms with van der Waals surface area (Å²) in [6, 6.07) is 15.0. The second-order valence-electron chi connectivity index (χ2n) is 9.88. The van der Waals surface area contributed by atoms with Gasteiger partial charge in [-0.05, 0) is 67.8 Å². The summed E-state index contributed by atoms with van der Waals surface area (Å²) in [6.07, 6.45) is 0. The van der Waals surface area contributed by atoms with Gasteiger partial charge in [0.2, 0.25) is 11.8 Å². The summed E-state index contributed by atoms with van der Waals surface area (Å²) in [5.74, 6) is -1.34. The van der Waals surface area contributed by atoms with E-state index in [1.54, 1.807) is 19.1 Å². The van der Waals surface area contributed by atoms with Crippen LogP contribution in [0.4, 0.5) is 10.1 Å². The first-order valence-corrected chi connectivity index (χ1v) is 14.8. The minimum atomic E-state index is -4.29.